The average molecular weight is 328 g/mol. The third kappa shape index (κ3) is 3.94. The highest BCUT2D eigenvalue weighted by atomic mass is 79.9. The largest absolute Gasteiger partial charge is 0.481 e. The van der Waals surface area contributed by atoms with Crippen molar-refractivity contribution in [3.05, 3.63) is 28.7 Å². The fourth-order valence-electron chi connectivity index (χ4n) is 2.04. The van der Waals surface area contributed by atoms with E-state index in [-0.39, 0.29) is 12.0 Å². The van der Waals surface area contributed by atoms with E-state index in [2.05, 4.69) is 15.9 Å². The Balaban J connectivity index is 1.93. The lowest BCUT2D eigenvalue weighted by Gasteiger charge is -2.32. The van der Waals surface area contributed by atoms with Gasteiger partial charge in [0, 0.05) is 17.6 Å². The Labute approximate surface area is 121 Å². The fourth-order valence-corrected chi connectivity index (χ4v) is 2.31. The maximum atomic E-state index is 12.3. The summed E-state index contributed by atoms with van der Waals surface area (Å²) in [7, 11) is 0. The summed E-state index contributed by atoms with van der Waals surface area (Å²) in [5.74, 6) is 0.712. The average Bonchev–Trinajstić information content (AvgIpc) is 2.40. The van der Waals surface area contributed by atoms with Crippen molar-refractivity contribution in [2.24, 2.45) is 0 Å². The molecule has 1 aromatic carbocycles. The molecule has 0 saturated carbocycles. The zero-order valence-electron chi connectivity index (χ0n) is 11.1. The van der Waals surface area contributed by atoms with Gasteiger partial charge in [-0.05, 0) is 38.1 Å². The summed E-state index contributed by atoms with van der Waals surface area (Å²) in [6, 6.07) is 7.47. The van der Waals surface area contributed by atoms with Crippen LogP contribution in [0.4, 0.5) is 0 Å². The van der Waals surface area contributed by atoms with Gasteiger partial charge in [-0.25, -0.2) is 0 Å². The van der Waals surface area contributed by atoms with Crippen LogP contribution in [0.1, 0.15) is 13.8 Å². The molecule has 0 aromatic heterocycles. The molecular weight excluding hydrogens is 310 g/mol. The molecule has 0 aliphatic carbocycles. The minimum absolute atomic E-state index is 0.0121. The van der Waals surface area contributed by atoms with Crippen molar-refractivity contribution in [3.8, 4) is 5.75 Å². The zero-order valence-corrected chi connectivity index (χ0v) is 12.7. The number of amides is 1. The Morgan fingerprint density at radius 2 is 2.16 bits per heavy atom. The second-order valence-corrected chi connectivity index (χ2v) is 5.60. The minimum atomic E-state index is -0.480. The topological polar surface area (TPSA) is 38.8 Å². The molecule has 1 saturated heterocycles. The number of morpholine rings is 1. The van der Waals surface area contributed by atoms with Crippen LogP contribution in [0.3, 0.4) is 0 Å². The van der Waals surface area contributed by atoms with Crippen molar-refractivity contribution in [1.29, 1.82) is 0 Å². The summed E-state index contributed by atoms with van der Waals surface area (Å²) in [4.78, 5) is 14.1. The van der Waals surface area contributed by atoms with Crippen LogP contribution in [0.25, 0.3) is 0 Å². The first-order valence-corrected chi connectivity index (χ1v) is 7.18. The second kappa shape index (κ2) is 6.39. The maximum Gasteiger partial charge on any atom is 0.263 e. The Morgan fingerprint density at radius 1 is 1.47 bits per heavy atom. The molecule has 2 atom stereocenters. The van der Waals surface area contributed by atoms with Crippen LogP contribution in [0.5, 0.6) is 5.75 Å². The van der Waals surface area contributed by atoms with E-state index in [4.69, 9.17) is 9.47 Å². The van der Waals surface area contributed by atoms with Crippen LogP contribution in [0.2, 0.25) is 0 Å². The molecule has 0 N–H and O–H groups in total. The number of ether oxygens (including phenoxy) is 2. The molecule has 5 heteroatoms. The van der Waals surface area contributed by atoms with Crippen LogP contribution < -0.4 is 4.74 Å². The van der Waals surface area contributed by atoms with Crippen molar-refractivity contribution in [2.75, 3.05) is 19.7 Å². The number of nitrogens with zero attached hydrogens (tertiary/aromatic N) is 1. The maximum absolute atomic E-state index is 12.3. The zero-order chi connectivity index (χ0) is 13.8. The van der Waals surface area contributed by atoms with Crippen LogP contribution in [0.15, 0.2) is 28.7 Å². The molecule has 2 rings (SSSR count). The minimum Gasteiger partial charge on any atom is -0.481 e. The van der Waals surface area contributed by atoms with Gasteiger partial charge < -0.3 is 14.4 Å². The first-order chi connectivity index (χ1) is 9.06. The Kier molecular flexibility index (Phi) is 4.82. The van der Waals surface area contributed by atoms with Gasteiger partial charge in [0.05, 0.1) is 12.7 Å². The molecule has 0 radical (unpaired) electrons. The van der Waals surface area contributed by atoms with Gasteiger partial charge in [0.2, 0.25) is 0 Å². The monoisotopic (exact) mass is 327 g/mol. The number of benzene rings is 1. The molecule has 1 heterocycles. The van der Waals surface area contributed by atoms with Crippen molar-refractivity contribution in [1.82, 2.24) is 4.90 Å². The van der Waals surface area contributed by atoms with Crippen LogP contribution in [0, 0.1) is 0 Å². The van der Waals surface area contributed by atoms with Gasteiger partial charge in [-0.15, -0.1) is 0 Å². The third-order valence-corrected chi connectivity index (χ3v) is 3.56. The standard InChI is InChI=1S/C14H18BrNO3/c1-10-9-16(7-8-18-10)14(17)11(2)19-13-5-3-12(15)4-6-13/h3-6,10-11H,7-9H2,1-2H3. The third-order valence-electron chi connectivity index (χ3n) is 3.03. The number of hydrogen-bond donors (Lipinski definition) is 0. The Bertz CT molecular complexity index is 435. The van der Waals surface area contributed by atoms with Gasteiger partial charge in [-0.2, -0.15) is 0 Å². The number of carbonyl (C=O) groups excluding carboxylic acids is 1. The van der Waals surface area contributed by atoms with Crippen molar-refractivity contribution < 1.29 is 14.3 Å². The van der Waals surface area contributed by atoms with Gasteiger partial charge in [0.1, 0.15) is 5.75 Å². The number of carbonyl (C=O) groups is 1. The van der Waals surface area contributed by atoms with Crippen molar-refractivity contribution >= 4 is 21.8 Å². The molecular formula is C14H18BrNO3. The highest BCUT2D eigenvalue weighted by Crippen LogP contribution is 2.18. The SMILES string of the molecule is CC1CN(C(=O)C(C)Oc2ccc(Br)cc2)CCO1. The Morgan fingerprint density at radius 3 is 2.79 bits per heavy atom. The molecule has 1 amide bonds. The van der Waals surface area contributed by atoms with E-state index in [9.17, 15) is 4.79 Å². The van der Waals surface area contributed by atoms with E-state index in [0.717, 1.165) is 4.47 Å². The fraction of sp³-hybridized carbons (Fsp3) is 0.500. The van der Waals surface area contributed by atoms with Gasteiger partial charge in [0.15, 0.2) is 6.10 Å². The molecule has 0 spiro atoms. The van der Waals surface area contributed by atoms with E-state index < -0.39 is 6.10 Å². The van der Waals surface area contributed by atoms with E-state index in [1.807, 2.05) is 31.2 Å². The molecule has 1 aromatic rings. The van der Waals surface area contributed by atoms with Gasteiger partial charge in [-0.1, -0.05) is 15.9 Å². The van der Waals surface area contributed by atoms with Crippen LogP contribution >= 0.6 is 15.9 Å². The van der Waals surface area contributed by atoms with Crippen molar-refractivity contribution in [3.63, 3.8) is 0 Å². The molecule has 104 valence electrons. The summed E-state index contributed by atoms with van der Waals surface area (Å²) in [6.07, 6.45) is -0.385. The molecule has 2 unspecified atom stereocenters. The molecule has 4 nitrogen and oxygen atoms in total. The quantitative estimate of drug-likeness (QED) is 0.856. The number of hydrogen-bond acceptors (Lipinski definition) is 3. The lowest BCUT2D eigenvalue weighted by molar-refractivity contribution is -0.144. The first-order valence-electron chi connectivity index (χ1n) is 6.39. The first kappa shape index (κ1) is 14.3. The summed E-state index contributed by atoms with van der Waals surface area (Å²) < 4.78 is 12.1. The van der Waals surface area contributed by atoms with E-state index >= 15 is 0 Å². The van der Waals surface area contributed by atoms with Gasteiger partial charge in [0.25, 0.3) is 5.91 Å². The summed E-state index contributed by atoms with van der Waals surface area (Å²) in [5, 5.41) is 0. The highest BCUT2D eigenvalue weighted by Gasteiger charge is 2.26. The Hall–Kier alpha value is -1.07. The second-order valence-electron chi connectivity index (χ2n) is 4.68. The van der Waals surface area contributed by atoms with E-state index in [0.29, 0.717) is 25.4 Å². The normalized spacial score (nSPS) is 21.0. The molecule has 19 heavy (non-hydrogen) atoms. The summed E-state index contributed by atoms with van der Waals surface area (Å²) in [6.45, 7) is 5.62. The molecule has 1 aliphatic rings. The number of halogens is 1. The molecule has 0 bridgehead atoms. The lowest BCUT2D eigenvalue weighted by Crippen LogP contribution is -2.49. The van der Waals surface area contributed by atoms with Crippen LogP contribution in [-0.2, 0) is 9.53 Å². The highest BCUT2D eigenvalue weighted by molar-refractivity contribution is 9.10. The van der Waals surface area contributed by atoms with E-state index in [1.54, 1.807) is 11.8 Å². The van der Waals surface area contributed by atoms with Gasteiger partial charge >= 0.3 is 0 Å². The predicted molar refractivity (Wildman–Crippen MR) is 76.2 cm³/mol. The van der Waals surface area contributed by atoms with Crippen molar-refractivity contribution in [2.45, 2.75) is 26.1 Å². The summed E-state index contributed by atoms with van der Waals surface area (Å²) in [5.41, 5.74) is 0. The molecule has 1 fully saturated rings. The lowest BCUT2D eigenvalue weighted by atomic mass is 10.2. The number of rotatable bonds is 3. The molecule has 1 aliphatic heterocycles. The summed E-state index contributed by atoms with van der Waals surface area (Å²) >= 11 is 3.37. The van der Waals surface area contributed by atoms with Gasteiger partial charge in [-0.3, -0.25) is 4.79 Å². The van der Waals surface area contributed by atoms with E-state index in [1.165, 1.54) is 0 Å². The van der Waals surface area contributed by atoms with Crippen LogP contribution in [-0.4, -0.2) is 42.7 Å². The predicted octanol–water partition coefficient (Wildman–Crippen LogP) is 2.46. The smallest absolute Gasteiger partial charge is 0.263 e.